The van der Waals surface area contributed by atoms with Gasteiger partial charge in [0.25, 0.3) is 0 Å². The number of carbonyl (C=O) groups excluding carboxylic acids is 2. The number of aromatic nitrogens is 1. The van der Waals surface area contributed by atoms with Crippen molar-refractivity contribution in [1.82, 2.24) is 4.98 Å². The fraction of sp³-hybridized carbons (Fsp3) is 0.125. The molecule has 0 bridgehead atoms. The zero-order chi connectivity index (χ0) is 17.0. The van der Waals surface area contributed by atoms with Gasteiger partial charge in [0.1, 0.15) is 11.6 Å². The number of para-hydroxylation sites is 1. The normalized spacial score (nSPS) is 11.5. The monoisotopic (exact) mass is 311 g/mol. The Labute approximate surface area is 131 Å². The number of rotatable bonds is 4. The lowest BCUT2D eigenvalue weighted by atomic mass is 10.1. The van der Waals surface area contributed by atoms with Gasteiger partial charge in [-0.2, -0.15) is 5.26 Å². The number of nitrogens with two attached hydrogens (primary N) is 1. The van der Waals surface area contributed by atoms with Gasteiger partial charge in [-0.3, -0.25) is 9.59 Å². The lowest BCUT2D eigenvalue weighted by Crippen LogP contribution is -2.19. The molecule has 0 amide bonds. The number of carbonyl (C=O) groups is 2. The van der Waals surface area contributed by atoms with Gasteiger partial charge in [0, 0.05) is 22.7 Å². The van der Waals surface area contributed by atoms with Crippen LogP contribution in [0.1, 0.15) is 17.3 Å². The van der Waals surface area contributed by atoms with E-state index < -0.39 is 23.9 Å². The SMILES string of the molecule is C/C(N)=C(/C#N)C(=O)COC(=O)c1cc(=O)[nH]c2ccccc12. The van der Waals surface area contributed by atoms with Gasteiger partial charge in [-0.05, 0) is 13.0 Å². The molecule has 1 aromatic carbocycles. The maximum Gasteiger partial charge on any atom is 0.339 e. The Morgan fingerprint density at radius 3 is 2.70 bits per heavy atom. The molecule has 0 spiro atoms. The van der Waals surface area contributed by atoms with Crippen LogP contribution in [0.4, 0.5) is 0 Å². The Morgan fingerprint density at radius 1 is 1.35 bits per heavy atom. The lowest BCUT2D eigenvalue weighted by molar-refractivity contribution is -0.118. The topological polar surface area (TPSA) is 126 Å². The molecule has 0 aliphatic carbocycles. The Morgan fingerprint density at radius 2 is 2.04 bits per heavy atom. The third-order valence-electron chi connectivity index (χ3n) is 3.09. The first-order valence-corrected chi connectivity index (χ1v) is 6.63. The third-order valence-corrected chi connectivity index (χ3v) is 3.09. The number of benzene rings is 1. The van der Waals surface area contributed by atoms with Crippen molar-refractivity contribution in [3.8, 4) is 6.07 Å². The molecule has 116 valence electrons. The number of pyridine rings is 1. The molecule has 3 N–H and O–H groups in total. The van der Waals surface area contributed by atoms with Crippen molar-refractivity contribution in [3.63, 3.8) is 0 Å². The van der Waals surface area contributed by atoms with Gasteiger partial charge < -0.3 is 15.5 Å². The number of H-pyrrole nitrogens is 1. The minimum absolute atomic E-state index is 0.0455. The van der Waals surface area contributed by atoms with Crippen LogP contribution in [-0.4, -0.2) is 23.3 Å². The summed E-state index contributed by atoms with van der Waals surface area (Å²) < 4.78 is 4.90. The molecule has 23 heavy (non-hydrogen) atoms. The average Bonchev–Trinajstić information content (AvgIpc) is 2.52. The van der Waals surface area contributed by atoms with E-state index in [0.29, 0.717) is 10.9 Å². The molecule has 7 nitrogen and oxygen atoms in total. The number of hydrogen-bond acceptors (Lipinski definition) is 6. The highest BCUT2D eigenvalue weighted by atomic mass is 16.5. The molecule has 1 heterocycles. The molecule has 0 unspecified atom stereocenters. The molecule has 2 rings (SSSR count). The first kappa shape index (κ1) is 16.0. The second-order valence-corrected chi connectivity index (χ2v) is 4.76. The zero-order valence-corrected chi connectivity index (χ0v) is 12.3. The smallest absolute Gasteiger partial charge is 0.339 e. The van der Waals surface area contributed by atoms with Crippen LogP contribution in [-0.2, 0) is 9.53 Å². The average molecular weight is 311 g/mol. The summed E-state index contributed by atoms with van der Waals surface area (Å²) in [5.74, 6) is -1.53. The lowest BCUT2D eigenvalue weighted by Gasteiger charge is -2.07. The summed E-state index contributed by atoms with van der Waals surface area (Å²) in [5, 5.41) is 9.33. The van der Waals surface area contributed by atoms with E-state index in [-0.39, 0.29) is 16.8 Å². The van der Waals surface area contributed by atoms with Gasteiger partial charge in [0.05, 0.1) is 5.56 Å². The van der Waals surface area contributed by atoms with Crippen molar-refractivity contribution >= 4 is 22.7 Å². The molecule has 0 atom stereocenters. The molecule has 0 aliphatic heterocycles. The van der Waals surface area contributed by atoms with E-state index >= 15 is 0 Å². The van der Waals surface area contributed by atoms with Crippen LogP contribution in [0.2, 0.25) is 0 Å². The number of Topliss-reactive ketones (excluding diaryl/α,β-unsaturated/α-hetero) is 1. The molecule has 0 radical (unpaired) electrons. The fourth-order valence-electron chi connectivity index (χ4n) is 2.02. The van der Waals surface area contributed by atoms with E-state index in [1.165, 1.54) is 6.92 Å². The van der Waals surface area contributed by atoms with Crippen molar-refractivity contribution < 1.29 is 14.3 Å². The van der Waals surface area contributed by atoms with Crippen LogP contribution >= 0.6 is 0 Å². The standard InChI is InChI=1S/C16H13N3O4/c1-9(18)12(7-17)14(20)8-23-16(22)11-6-15(21)19-13-5-3-2-4-10(11)13/h2-6H,8,18H2,1H3,(H,19,21)/b12-9+. The quantitative estimate of drug-likeness (QED) is 0.493. The molecule has 0 aliphatic rings. The summed E-state index contributed by atoms with van der Waals surface area (Å²) in [6.45, 7) is 0.778. The van der Waals surface area contributed by atoms with E-state index in [4.69, 9.17) is 15.7 Å². The van der Waals surface area contributed by atoms with Crippen molar-refractivity contribution in [2.24, 2.45) is 5.73 Å². The minimum Gasteiger partial charge on any atom is -0.454 e. The maximum absolute atomic E-state index is 12.1. The largest absolute Gasteiger partial charge is 0.454 e. The molecule has 0 saturated carbocycles. The number of ketones is 1. The van der Waals surface area contributed by atoms with E-state index in [2.05, 4.69) is 4.98 Å². The highest BCUT2D eigenvalue weighted by molar-refractivity contribution is 6.05. The second-order valence-electron chi connectivity index (χ2n) is 4.76. The first-order chi connectivity index (χ1) is 10.9. The van der Waals surface area contributed by atoms with Crippen LogP contribution in [0, 0.1) is 11.3 Å². The molecule has 0 saturated heterocycles. The van der Waals surface area contributed by atoms with E-state index in [0.717, 1.165) is 6.07 Å². The number of esters is 1. The Bertz CT molecular complexity index is 915. The number of ether oxygens (including phenoxy) is 1. The predicted molar refractivity (Wildman–Crippen MR) is 82.4 cm³/mol. The van der Waals surface area contributed by atoms with Crippen molar-refractivity contribution in [3.05, 3.63) is 57.5 Å². The number of nitriles is 1. The molecule has 7 heteroatoms. The van der Waals surface area contributed by atoms with Gasteiger partial charge in [0.15, 0.2) is 6.61 Å². The Hall–Kier alpha value is -3.40. The molecule has 1 aromatic heterocycles. The van der Waals surface area contributed by atoms with Crippen LogP contribution in [0.5, 0.6) is 0 Å². The molecular formula is C16H13N3O4. The first-order valence-electron chi connectivity index (χ1n) is 6.63. The van der Waals surface area contributed by atoms with Crippen LogP contribution in [0.3, 0.4) is 0 Å². The zero-order valence-electron chi connectivity index (χ0n) is 12.3. The number of fused-ring (bicyclic) bond motifs is 1. The summed E-state index contributed by atoms with van der Waals surface area (Å²) in [4.78, 5) is 38.1. The van der Waals surface area contributed by atoms with E-state index in [9.17, 15) is 14.4 Å². The summed E-state index contributed by atoms with van der Waals surface area (Å²) >= 11 is 0. The molecular weight excluding hydrogens is 298 g/mol. The Balaban J connectivity index is 2.26. The van der Waals surface area contributed by atoms with Crippen molar-refractivity contribution in [1.29, 1.82) is 5.26 Å². The molecule has 2 aromatic rings. The van der Waals surface area contributed by atoms with E-state index in [1.807, 2.05) is 0 Å². The predicted octanol–water partition coefficient (Wildman–Crippen LogP) is 1.01. The van der Waals surface area contributed by atoms with Crippen molar-refractivity contribution in [2.75, 3.05) is 6.61 Å². The third kappa shape index (κ3) is 3.44. The number of hydrogen-bond donors (Lipinski definition) is 2. The Kier molecular flexibility index (Phi) is 4.57. The van der Waals surface area contributed by atoms with Gasteiger partial charge in [0.2, 0.25) is 11.3 Å². The number of nitrogens with one attached hydrogen (secondary N) is 1. The minimum atomic E-state index is -0.826. The van der Waals surface area contributed by atoms with Crippen molar-refractivity contribution in [2.45, 2.75) is 6.92 Å². The van der Waals surface area contributed by atoms with Crippen LogP contribution < -0.4 is 11.3 Å². The van der Waals surface area contributed by atoms with E-state index in [1.54, 1.807) is 30.3 Å². The number of aromatic amines is 1. The fourth-order valence-corrected chi connectivity index (χ4v) is 2.02. The second kappa shape index (κ2) is 6.58. The van der Waals surface area contributed by atoms with Gasteiger partial charge >= 0.3 is 5.97 Å². The van der Waals surface area contributed by atoms with Crippen LogP contribution in [0.15, 0.2) is 46.4 Å². The number of nitrogens with zero attached hydrogens (tertiary/aromatic N) is 1. The molecule has 0 fully saturated rings. The summed E-state index contributed by atoms with van der Waals surface area (Å²) in [6, 6.07) is 9.48. The highest BCUT2D eigenvalue weighted by Gasteiger charge is 2.17. The summed E-state index contributed by atoms with van der Waals surface area (Å²) in [5.41, 5.74) is 5.27. The van der Waals surface area contributed by atoms with Crippen LogP contribution in [0.25, 0.3) is 10.9 Å². The van der Waals surface area contributed by atoms with Gasteiger partial charge in [-0.1, -0.05) is 18.2 Å². The number of allylic oxidation sites excluding steroid dienone is 1. The maximum atomic E-state index is 12.1. The highest BCUT2D eigenvalue weighted by Crippen LogP contribution is 2.15. The van der Waals surface area contributed by atoms with Gasteiger partial charge in [-0.15, -0.1) is 0 Å². The summed E-state index contributed by atoms with van der Waals surface area (Å²) in [7, 11) is 0. The van der Waals surface area contributed by atoms with Gasteiger partial charge in [-0.25, -0.2) is 4.79 Å². The summed E-state index contributed by atoms with van der Waals surface area (Å²) in [6.07, 6.45) is 0.